The van der Waals surface area contributed by atoms with Gasteiger partial charge in [0.1, 0.15) is 0 Å². The van der Waals surface area contributed by atoms with E-state index in [1.165, 1.54) is 17.9 Å². The second-order valence-corrected chi connectivity index (χ2v) is 7.92. The van der Waals surface area contributed by atoms with E-state index >= 15 is 0 Å². The smallest absolute Gasteiger partial charge is 0.0766 e. The van der Waals surface area contributed by atoms with Gasteiger partial charge in [0.05, 0.1) is 24.6 Å². The number of hydrogen-bond acceptors (Lipinski definition) is 5. The van der Waals surface area contributed by atoms with Gasteiger partial charge in [0.2, 0.25) is 0 Å². The zero-order chi connectivity index (χ0) is 17.0. The molecule has 0 amide bonds. The van der Waals surface area contributed by atoms with Crippen LogP contribution in [0.1, 0.15) is 12.1 Å². The van der Waals surface area contributed by atoms with E-state index < -0.39 is 0 Å². The highest BCUT2D eigenvalue weighted by atomic mass is 32.2. The van der Waals surface area contributed by atoms with E-state index in [1.54, 1.807) is 0 Å². The summed E-state index contributed by atoms with van der Waals surface area (Å²) in [7, 11) is 0. The summed E-state index contributed by atoms with van der Waals surface area (Å²) < 4.78 is 7.49. The van der Waals surface area contributed by atoms with Gasteiger partial charge in [0.25, 0.3) is 0 Å². The van der Waals surface area contributed by atoms with E-state index in [2.05, 4.69) is 40.2 Å². The van der Waals surface area contributed by atoms with Gasteiger partial charge in [-0.15, -0.1) is 0 Å². The van der Waals surface area contributed by atoms with Gasteiger partial charge in [0, 0.05) is 43.7 Å². The van der Waals surface area contributed by atoms with Gasteiger partial charge in [0.15, 0.2) is 0 Å². The Bertz CT molecular complexity index is 663. The number of nitrogens with one attached hydrogen (secondary N) is 1. The minimum Gasteiger partial charge on any atom is -0.379 e. The molecule has 1 atom stereocenters. The molecule has 134 valence electrons. The summed E-state index contributed by atoms with van der Waals surface area (Å²) in [5.41, 5.74) is 2.48. The molecule has 6 heteroatoms. The first-order valence-electron chi connectivity index (χ1n) is 9.07. The minimum atomic E-state index is 0.288. The second-order valence-electron chi connectivity index (χ2n) is 6.82. The van der Waals surface area contributed by atoms with Crippen LogP contribution in [-0.2, 0) is 11.3 Å². The molecule has 0 saturated carbocycles. The van der Waals surface area contributed by atoms with Gasteiger partial charge in [-0.2, -0.15) is 16.9 Å². The van der Waals surface area contributed by atoms with Gasteiger partial charge >= 0.3 is 0 Å². The zero-order valence-electron chi connectivity index (χ0n) is 14.6. The molecule has 2 saturated heterocycles. The number of aromatic nitrogens is 2. The molecule has 1 aromatic carbocycles. The lowest BCUT2D eigenvalue weighted by Crippen LogP contribution is -2.58. The van der Waals surface area contributed by atoms with Crippen molar-refractivity contribution in [3.8, 4) is 5.69 Å². The number of hydrogen-bond donors (Lipinski definition) is 1. The Morgan fingerprint density at radius 3 is 2.76 bits per heavy atom. The molecule has 25 heavy (non-hydrogen) atoms. The summed E-state index contributed by atoms with van der Waals surface area (Å²) in [6.45, 7) is 5.70. The van der Waals surface area contributed by atoms with Gasteiger partial charge < -0.3 is 10.1 Å². The summed E-state index contributed by atoms with van der Waals surface area (Å²) in [6.07, 6.45) is 3.30. The maximum Gasteiger partial charge on any atom is 0.0766 e. The van der Waals surface area contributed by atoms with E-state index in [0.29, 0.717) is 0 Å². The van der Waals surface area contributed by atoms with Gasteiger partial charge in [-0.05, 0) is 30.4 Å². The van der Waals surface area contributed by atoms with Crippen LogP contribution in [0.15, 0.2) is 42.6 Å². The Hall–Kier alpha value is -1.34. The van der Waals surface area contributed by atoms with Crippen molar-refractivity contribution in [2.75, 3.05) is 44.4 Å². The van der Waals surface area contributed by atoms with E-state index in [0.717, 1.165) is 50.8 Å². The summed E-state index contributed by atoms with van der Waals surface area (Å²) in [5.74, 6) is 2.49. The summed E-state index contributed by atoms with van der Waals surface area (Å²) >= 11 is 2.08. The van der Waals surface area contributed by atoms with Crippen molar-refractivity contribution in [1.82, 2.24) is 20.0 Å². The van der Waals surface area contributed by atoms with Crippen LogP contribution in [0.25, 0.3) is 5.69 Å². The van der Waals surface area contributed by atoms with E-state index in [-0.39, 0.29) is 5.54 Å². The largest absolute Gasteiger partial charge is 0.379 e. The van der Waals surface area contributed by atoms with Crippen molar-refractivity contribution >= 4 is 11.8 Å². The number of ether oxygens (including phenoxy) is 1. The molecule has 2 fully saturated rings. The lowest BCUT2D eigenvalue weighted by atomic mass is 9.95. The average molecular weight is 359 g/mol. The lowest BCUT2D eigenvalue weighted by molar-refractivity contribution is -0.0134. The maximum absolute atomic E-state index is 5.54. The first-order valence-corrected chi connectivity index (χ1v) is 10.2. The van der Waals surface area contributed by atoms with Crippen molar-refractivity contribution < 1.29 is 4.74 Å². The van der Waals surface area contributed by atoms with Crippen LogP contribution < -0.4 is 5.32 Å². The van der Waals surface area contributed by atoms with Gasteiger partial charge in [-0.3, -0.25) is 4.90 Å². The van der Waals surface area contributed by atoms with Crippen LogP contribution in [0.3, 0.4) is 0 Å². The molecule has 0 spiro atoms. The number of rotatable bonds is 6. The average Bonchev–Trinajstić information content (AvgIpc) is 3.34. The van der Waals surface area contributed by atoms with Crippen molar-refractivity contribution in [3.05, 3.63) is 48.3 Å². The predicted octanol–water partition coefficient (Wildman–Crippen LogP) is 2.17. The standard InChI is InChI=1S/C19H26N4OS/c1-2-4-18(5-3-1)23-8-6-17(21-23)14-20-15-19(7-13-25-16-19)22-9-11-24-12-10-22/h1-6,8,20H,7,9-16H2. The third-order valence-electron chi connectivity index (χ3n) is 5.19. The van der Waals surface area contributed by atoms with Crippen molar-refractivity contribution in [1.29, 1.82) is 0 Å². The first-order chi connectivity index (χ1) is 12.4. The molecule has 5 nitrogen and oxygen atoms in total. The zero-order valence-corrected chi connectivity index (χ0v) is 15.4. The third-order valence-corrected chi connectivity index (χ3v) is 6.42. The van der Waals surface area contributed by atoms with E-state index in [4.69, 9.17) is 9.84 Å². The molecule has 1 unspecified atom stereocenters. The van der Waals surface area contributed by atoms with Crippen molar-refractivity contribution in [3.63, 3.8) is 0 Å². The number of benzene rings is 1. The molecule has 3 heterocycles. The molecule has 0 aliphatic carbocycles. The molecular formula is C19H26N4OS. The predicted molar refractivity (Wildman–Crippen MR) is 102 cm³/mol. The molecule has 0 bridgehead atoms. The fraction of sp³-hybridized carbons (Fsp3) is 0.526. The summed E-state index contributed by atoms with van der Waals surface area (Å²) in [4.78, 5) is 2.64. The quantitative estimate of drug-likeness (QED) is 0.857. The SMILES string of the molecule is c1ccc(-n2ccc(CNCC3(N4CCOCC4)CCSC3)n2)cc1. The van der Waals surface area contributed by atoms with Crippen LogP contribution >= 0.6 is 11.8 Å². The maximum atomic E-state index is 5.54. The molecule has 1 N–H and O–H groups in total. The van der Waals surface area contributed by atoms with Crippen LogP contribution in [-0.4, -0.2) is 64.6 Å². The minimum absolute atomic E-state index is 0.288. The number of thioether (sulfide) groups is 1. The number of morpholine rings is 1. The molecule has 4 rings (SSSR count). The van der Waals surface area contributed by atoms with Gasteiger partial charge in [-0.25, -0.2) is 4.68 Å². The topological polar surface area (TPSA) is 42.3 Å². The monoisotopic (exact) mass is 358 g/mol. The normalized spacial score (nSPS) is 24.6. The van der Waals surface area contributed by atoms with Crippen LogP contribution in [0.5, 0.6) is 0 Å². The number of nitrogens with zero attached hydrogens (tertiary/aromatic N) is 3. The van der Waals surface area contributed by atoms with E-state index in [1.807, 2.05) is 29.1 Å². The fourth-order valence-electron chi connectivity index (χ4n) is 3.74. The van der Waals surface area contributed by atoms with Crippen molar-refractivity contribution in [2.24, 2.45) is 0 Å². The molecule has 2 aromatic rings. The molecule has 2 aliphatic rings. The van der Waals surface area contributed by atoms with Crippen LogP contribution in [0.2, 0.25) is 0 Å². The molecule has 1 aromatic heterocycles. The van der Waals surface area contributed by atoms with Crippen molar-refractivity contribution in [2.45, 2.75) is 18.5 Å². The third kappa shape index (κ3) is 3.92. The van der Waals surface area contributed by atoms with Gasteiger partial charge in [-0.1, -0.05) is 18.2 Å². The molecule has 2 aliphatic heterocycles. The Balaban J connectivity index is 1.35. The highest BCUT2D eigenvalue weighted by Gasteiger charge is 2.40. The van der Waals surface area contributed by atoms with Crippen LogP contribution in [0.4, 0.5) is 0 Å². The Morgan fingerprint density at radius 1 is 1.16 bits per heavy atom. The second kappa shape index (κ2) is 7.91. The highest BCUT2D eigenvalue weighted by Crippen LogP contribution is 2.33. The van der Waals surface area contributed by atoms with E-state index in [9.17, 15) is 0 Å². The Morgan fingerprint density at radius 2 is 2.00 bits per heavy atom. The first kappa shape index (κ1) is 17.1. The fourth-order valence-corrected chi connectivity index (χ4v) is 5.22. The highest BCUT2D eigenvalue weighted by molar-refractivity contribution is 7.99. The molecule has 0 radical (unpaired) electrons. The molecular weight excluding hydrogens is 332 g/mol. The Labute approximate surface area is 153 Å². The summed E-state index contributed by atoms with van der Waals surface area (Å²) in [6, 6.07) is 12.4. The Kier molecular flexibility index (Phi) is 5.41. The number of para-hydroxylation sites is 1. The van der Waals surface area contributed by atoms with Crippen LogP contribution in [0, 0.1) is 0 Å². The lowest BCUT2D eigenvalue weighted by Gasteiger charge is -2.43. The summed E-state index contributed by atoms with van der Waals surface area (Å²) in [5, 5.41) is 8.37.